The summed E-state index contributed by atoms with van der Waals surface area (Å²) in [7, 11) is 0. The van der Waals surface area contributed by atoms with E-state index < -0.39 is 11.9 Å². The maximum absolute atomic E-state index is 12.2. The molecule has 1 aromatic rings. The zero-order valence-corrected chi connectivity index (χ0v) is 11.4. The minimum atomic E-state index is -0.728. The number of carbonyl (C=O) groups is 2. The molecule has 0 aliphatic rings. The third-order valence-electron chi connectivity index (χ3n) is 2.57. The Hall–Kier alpha value is -1.35. The van der Waals surface area contributed by atoms with Crippen LogP contribution in [0.4, 0.5) is 0 Å². The Labute approximate surface area is 112 Å². The number of ether oxygens (including phenoxy) is 1. The molecule has 0 aromatic heterocycles. The summed E-state index contributed by atoms with van der Waals surface area (Å²) in [5.41, 5.74) is 0.453. The van der Waals surface area contributed by atoms with Crippen molar-refractivity contribution >= 4 is 23.4 Å². The highest BCUT2D eigenvalue weighted by Crippen LogP contribution is 2.19. The van der Waals surface area contributed by atoms with Gasteiger partial charge in [-0.15, -0.1) is 0 Å². The second kappa shape index (κ2) is 7.17. The summed E-state index contributed by atoms with van der Waals surface area (Å²) in [4.78, 5) is 24.0. The van der Waals surface area contributed by atoms with Gasteiger partial charge in [-0.1, -0.05) is 37.1 Å². The van der Waals surface area contributed by atoms with Crippen molar-refractivity contribution in [1.29, 1.82) is 0 Å². The van der Waals surface area contributed by atoms with E-state index in [1.165, 1.54) is 0 Å². The molecular formula is C14H17ClO3. The van der Waals surface area contributed by atoms with E-state index in [4.69, 9.17) is 16.3 Å². The van der Waals surface area contributed by atoms with Gasteiger partial charge in [0.1, 0.15) is 5.92 Å². The van der Waals surface area contributed by atoms with Gasteiger partial charge in [0, 0.05) is 10.6 Å². The summed E-state index contributed by atoms with van der Waals surface area (Å²) in [6, 6.07) is 6.63. The molecule has 0 aliphatic carbocycles. The Bertz CT molecular complexity index is 429. The van der Waals surface area contributed by atoms with Gasteiger partial charge in [0.05, 0.1) is 6.61 Å². The first-order valence-electron chi connectivity index (χ1n) is 6.06. The first-order valence-corrected chi connectivity index (χ1v) is 6.44. The fraction of sp³-hybridized carbons (Fsp3) is 0.429. The Kier molecular flexibility index (Phi) is 5.86. The molecule has 0 bridgehead atoms. The van der Waals surface area contributed by atoms with E-state index >= 15 is 0 Å². The van der Waals surface area contributed by atoms with Crippen molar-refractivity contribution in [2.24, 2.45) is 5.92 Å². The van der Waals surface area contributed by atoms with E-state index in [1.807, 2.05) is 6.92 Å². The Morgan fingerprint density at radius 1 is 1.33 bits per heavy atom. The average Bonchev–Trinajstić information content (AvgIpc) is 2.35. The molecule has 0 amide bonds. The van der Waals surface area contributed by atoms with E-state index in [0.29, 0.717) is 17.0 Å². The smallest absolute Gasteiger partial charge is 0.316 e. The summed E-state index contributed by atoms with van der Waals surface area (Å²) in [6.07, 6.45) is 1.24. The highest BCUT2D eigenvalue weighted by molar-refractivity contribution is 6.31. The normalized spacial score (nSPS) is 11.9. The van der Waals surface area contributed by atoms with Crippen LogP contribution >= 0.6 is 11.6 Å². The van der Waals surface area contributed by atoms with E-state index in [0.717, 1.165) is 6.42 Å². The molecule has 1 rings (SSSR count). The molecule has 0 heterocycles. The summed E-state index contributed by atoms with van der Waals surface area (Å²) < 4.78 is 4.94. The molecule has 0 N–H and O–H groups in total. The topological polar surface area (TPSA) is 43.4 Å². The largest absolute Gasteiger partial charge is 0.465 e. The second-order valence-corrected chi connectivity index (χ2v) is 4.40. The fourth-order valence-electron chi connectivity index (χ4n) is 1.73. The minimum Gasteiger partial charge on any atom is -0.465 e. The molecule has 1 unspecified atom stereocenters. The number of hydrogen-bond donors (Lipinski definition) is 0. The lowest BCUT2D eigenvalue weighted by molar-refractivity contribution is -0.146. The van der Waals surface area contributed by atoms with Gasteiger partial charge in [0.2, 0.25) is 0 Å². The SMILES string of the molecule is CCCC(C(=O)OCC)C(=O)c1cccc(Cl)c1. The van der Waals surface area contributed by atoms with Gasteiger partial charge >= 0.3 is 5.97 Å². The van der Waals surface area contributed by atoms with Crippen LogP contribution in [0.1, 0.15) is 37.0 Å². The van der Waals surface area contributed by atoms with Gasteiger partial charge in [0.15, 0.2) is 5.78 Å². The molecule has 0 aliphatic heterocycles. The predicted molar refractivity (Wildman–Crippen MR) is 70.8 cm³/mol. The molecule has 1 atom stereocenters. The number of hydrogen-bond acceptors (Lipinski definition) is 3. The number of Topliss-reactive ketones (excluding diaryl/α,β-unsaturated/α-hetero) is 1. The molecule has 18 heavy (non-hydrogen) atoms. The monoisotopic (exact) mass is 268 g/mol. The number of benzene rings is 1. The van der Waals surface area contributed by atoms with Crippen molar-refractivity contribution in [3.63, 3.8) is 0 Å². The maximum Gasteiger partial charge on any atom is 0.316 e. The van der Waals surface area contributed by atoms with E-state index in [1.54, 1.807) is 31.2 Å². The minimum absolute atomic E-state index is 0.224. The number of ketones is 1. The van der Waals surface area contributed by atoms with Crippen LogP contribution in [0, 0.1) is 5.92 Å². The van der Waals surface area contributed by atoms with Crippen molar-refractivity contribution in [3.8, 4) is 0 Å². The zero-order valence-electron chi connectivity index (χ0n) is 10.6. The third-order valence-corrected chi connectivity index (χ3v) is 2.81. The van der Waals surface area contributed by atoms with E-state index in [9.17, 15) is 9.59 Å². The Balaban J connectivity index is 2.92. The molecule has 1 aromatic carbocycles. The lowest BCUT2D eigenvalue weighted by atomic mass is 9.93. The second-order valence-electron chi connectivity index (χ2n) is 3.97. The van der Waals surface area contributed by atoms with E-state index in [2.05, 4.69) is 0 Å². The van der Waals surface area contributed by atoms with Crippen LogP contribution in [0.15, 0.2) is 24.3 Å². The standard InChI is InChI=1S/C14H17ClO3/c1-3-6-12(14(17)18-4-2)13(16)10-7-5-8-11(15)9-10/h5,7-9,12H,3-4,6H2,1-2H3. The van der Waals surface area contributed by atoms with Crippen LogP contribution in [-0.2, 0) is 9.53 Å². The molecule has 0 fully saturated rings. The molecular weight excluding hydrogens is 252 g/mol. The van der Waals surface area contributed by atoms with Crippen LogP contribution in [0.3, 0.4) is 0 Å². The molecule has 98 valence electrons. The molecule has 0 saturated carbocycles. The molecule has 3 nitrogen and oxygen atoms in total. The van der Waals surface area contributed by atoms with Crippen molar-refractivity contribution in [3.05, 3.63) is 34.9 Å². The van der Waals surface area contributed by atoms with Gasteiger partial charge in [-0.05, 0) is 25.5 Å². The summed E-state index contributed by atoms with van der Waals surface area (Å²) in [5.74, 6) is -1.41. The lowest BCUT2D eigenvalue weighted by Gasteiger charge is -2.13. The first kappa shape index (κ1) is 14.7. The first-order chi connectivity index (χ1) is 8.60. The number of halogens is 1. The molecule has 0 radical (unpaired) electrons. The zero-order chi connectivity index (χ0) is 13.5. The van der Waals surface area contributed by atoms with Gasteiger partial charge in [-0.3, -0.25) is 9.59 Å². The van der Waals surface area contributed by atoms with Crippen LogP contribution < -0.4 is 0 Å². The molecule has 4 heteroatoms. The highest BCUT2D eigenvalue weighted by Gasteiger charge is 2.27. The Morgan fingerprint density at radius 2 is 2.06 bits per heavy atom. The number of rotatable bonds is 6. The maximum atomic E-state index is 12.2. The van der Waals surface area contributed by atoms with Gasteiger partial charge in [0.25, 0.3) is 0 Å². The van der Waals surface area contributed by atoms with Gasteiger partial charge < -0.3 is 4.74 Å². The lowest BCUT2D eigenvalue weighted by Crippen LogP contribution is -2.26. The van der Waals surface area contributed by atoms with Gasteiger partial charge in [-0.2, -0.15) is 0 Å². The molecule has 0 spiro atoms. The summed E-state index contributed by atoms with van der Waals surface area (Å²) >= 11 is 5.84. The van der Waals surface area contributed by atoms with Crippen LogP contribution in [-0.4, -0.2) is 18.4 Å². The van der Waals surface area contributed by atoms with Crippen molar-refractivity contribution in [1.82, 2.24) is 0 Å². The van der Waals surface area contributed by atoms with Crippen molar-refractivity contribution in [2.45, 2.75) is 26.7 Å². The number of esters is 1. The quantitative estimate of drug-likeness (QED) is 0.450. The van der Waals surface area contributed by atoms with Crippen molar-refractivity contribution in [2.75, 3.05) is 6.61 Å². The van der Waals surface area contributed by atoms with Crippen LogP contribution in [0.5, 0.6) is 0 Å². The summed E-state index contributed by atoms with van der Waals surface area (Å²) in [6.45, 7) is 3.93. The fourth-order valence-corrected chi connectivity index (χ4v) is 1.92. The third kappa shape index (κ3) is 3.84. The van der Waals surface area contributed by atoms with Crippen molar-refractivity contribution < 1.29 is 14.3 Å². The van der Waals surface area contributed by atoms with E-state index in [-0.39, 0.29) is 12.4 Å². The molecule has 0 saturated heterocycles. The number of carbonyl (C=O) groups excluding carboxylic acids is 2. The Morgan fingerprint density at radius 3 is 2.61 bits per heavy atom. The summed E-state index contributed by atoms with van der Waals surface area (Å²) in [5, 5.41) is 0.486. The van der Waals surface area contributed by atoms with Crippen LogP contribution in [0.2, 0.25) is 5.02 Å². The van der Waals surface area contributed by atoms with Gasteiger partial charge in [-0.25, -0.2) is 0 Å². The predicted octanol–water partition coefficient (Wildman–Crippen LogP) is 3.50. The average molecular weight is 269 g/mol. The van der Waals surface area contributed by atoms with Crippen LogP contribution in [0.25, 0.3) is 0 Å². The highest BCUT2D eigenvalue weighted by atomic mass is 35.5.